The molecule has 0 aliphatic carbocycles. The van der Waals surface area contributed by atoms with Crippen LogP contribution in [0.15, 0.2) is 83.8 Å². The molecule has 1 aliphatic rings. The van der Waals surface area contributed by atoms with Gasteiger partial charge in [0.15, 0.2) is 5.60 Å². The van der Waals surface area contributed by atoms with Gasteiger partial charge in [-0.1, -0.05) is 56.3 Å². The molecule has 0 saturated carbocycles. The Balaban J connectivity index is 1.47. The van der Waals surface area contributed by atoms with E-state index in [2.05, 4.69) is 5.32 Å². The monoisotopic (exact) mass is 653 g/mol. The fourth-order valence-electron chi connectivity index (χ4n) is 4.72. The van der Waals surface area contributed by atoms with Crippen molar-refractivity contribution >= 4 is 34.0 Å². The molecule has 3 aromatic carbocycles. The topological polar surface area (TPSA) is 192 Å². The molecule has 14 heteroatoms. The van der Waals surface area contributed by atoms with Gasteiger partial charge < -0.3 is 30.4 Å². The standard InChI is InChI=1S/C32H35N3O10S/c1-20(2)30(39)43-21(3)44-31(40)34-27(29(37)38)17-22-8-7-11-26(16-22)46(41,42)35-18-32(19-35,24-9-5-4-6-10-24)45-25-14-12-23(13-15-25)28(33)36/h4-16,20-21,27H,17-19H2,1-3H3,(H2,33,36)(H,34,40)(H,37,38)/t21?,27-/m0/s1. The number of nitrogens with one attached hydrogen (secondary N) is 1. The van der Waals surface area contributed by atoms with Gasteiger partial charge in [0, 0.05) is 18.9 Å². The average molecular weight is 654 g/mol. The molecular weight excluding hydrogens is 618 g/mol. The molecule has 46 heavy (non-hydrogen) atoms. The lowest BCUT2D eigenvalue weighted by Crippen LogP contribution is -2.64. The summed E-state index contributed by atoms with van der Waals surface area (Å²) < 4.78 is 44.8. The number of rotatable bonds is 13. The lowest BCUT2D eigenvalue weighted by atomic mass is 9.87. The lowest BCUT2D eigenvalue weighted by Gasteiger charge is -2.48. The Morgan fingerprint density at radius 1 is 0.935 bits per heavy atom. The highest BCUT2D eigenvalue weighted by Crippen LogP contribution is 2.40. The van der Waals surface area contributed by atoms with Gasteiger partial charge in [0.1, 0.15) is 11.8 Å². The van der Waals surface area contributed by atoms with Crippen LogP contribution in [0, 0.1) is 5.92 Å². The Kier molecular flexibility index (Phi) is 10.3. The molecule has 0 aromatic heterocycles. The van der Waals surface area contributed by atoms with Crippen LogP contribution in [0.3, 0.4) is 0 Å². The number of carboxylic acids is 1. The maximum atomic E-state index is 13.7. The van der Waals surface area contributed by atoms with Gasteiger partial charge in [-0.3, -0.25) is 9.59 Å². The number of amides is 2. The third-order valence-corrected chi connectivity index (χ3v) is 9.00. The zero-order chi connectivity index (χ0) is 33.6. The van der Waals surface area contributed by atoms with Gasteiger partial charge in [-0.25, -0.2) is 18.0 Å². The third-order valence-electron chi connectivity index (χ3n) is 7.21. The normalized spacial score (nSPS) is 15.6. The van der Waals surface area contributed by atoms with Gasteiger partial charge in [-0.15, -0.1) is 0 Å². The Hall–Kier alpha value is -4.95. The van der Waals surface area contributed by atoms with E-state index in [4.69, 9.17) is 19.9 Å². The summed E-state index contributed by atoms with van der Waals surface area (Å²) in [5.41, 5.74) is 5.70. The van der Waals surface area contributed by atoms with Crippen LogP contribution in [0.1, 0.15) is 42.3 Å². The molecule has 0 spiro atoms. The summed E-state index contributed by atoms with van der Waals surface area (Å²) >= 11 is 0. The lowest BCUT2D eigenvalue weighted by molar-refractivity contribution is -0.169. The van der Waals surface area contributed by atoms with Crippen LogP contribution in [0.2, 0.25) is 0 Å². The van der Waals surface area contributed by atoms with Crippen LogP contribution in [-0.4, -0.2) is 67.2 Å². The van der Waals surface area contributed by atoms with E-state index < -0.39 is 57.8 Å². The second-order valence-corrected chi connectivity index (χ2v) is 13.0. The summed E-state index contributed by atoms with van der Waals surface area (Å²) in [4.78, 5) is 47.3. The number of alkyl carbamates (subject to hydrolysis) is 1. The van der Waals surface area contributed by atoms with Crippen LogP contribution in [0.25, 0.3) is 0 Å². The molecule has 2 atom stereocenters. The summed E-state index contributed by atoms with van der Waals surface area (Å²) in [5, 5.41) is 11.9. The number of carbonyl (C=O) groups is 4. The van der Waals surface area contributed by atoms with Gasteiger partial charge in [0.2, 0.25) is 22.2 Å². The first-order chi connectivity index (χ1) is 21.7. The first-order valence-corrected chi connectivity index (χ1v) is 15.8. The van der Waals surface area contributed by atoms with E-state index in [0.29, 0.717) is 16.9 Å². The highest BCUT2D eigenvalue weighted by atomic mass is 32.2. The summed E-state index contributed by atoms with van der Waals surface area (Å²) in [7, 11) is -4.04. The van der Waals surface area contributed by atoms with Gasteiger partial charge in [0.05, 0.1) is 23.9 Å². The van der Waals surface area contributed by atoms with Crippen molar-refractivity contribution in [3.8, 4) is 5.75 Å². The summed E-state index contributed by atoms with van der Waals surface area (Å²) in [6, 6.07) is 19.7. The minimum absolute atomic E-state index is 0.0220. The molecule has 0 bridgehead atoms. The zero-order valence-electron chi connectivity index (χ0n) is 25.4. The molecule has 1 saturated heterocycles. The molecule has 3 aromatic rings. The Labute approximate surface area is 266 Å². The fourth-order valence-corrected chi connectivity index (χ4v) is 6.33. The number of carboxylic acid groups (broad SMARTS) is 1. The van der Waals surface area contributed by atoms with Gasteiger partial charge in [-0.05, 0) is 47.5 Å². The molecule has 13 nitrogen and oxygen atoms in total. The number of benzene rings is 3. The van der Waals surface area contributed by atoms with Gasteiger partial charge >= 0.3 is 18.0 Å². The smallest absolute Gasteiger partial charge is 0.410 e. The minimum Gasteiger partial charge on any atom is -0.480 e. The quantitative estimate of drug-likeness (QED) is 0.182. The van der Waals surface area contributed by atoms with E-state index in [1.165, 1.54) is 47.6 Å². The van der Waals surface area contributed by atoms with Crippen molar-refractivity contribution in [3.63, 3.8) is 0 Å². The first kappa shape index (κ1) is 33.9. The molecule has 2 amide bonds. The van der Waals surface area contributed by atoms with E-state index >= 15 is 0 Å². The fraction of sp³-hybridized carbons (Fsp3) is 0.312. The number of hydrogen-bond donors (Lipinski definition) is 3. The Morgan fingerprint density at radius 2 is 1.59 bits per heavy atom. The van der Waals surface area contributed by atoms with Crippen molar-refractivity contribution in [1.82, 2.24) is 9.62 Å². The second-order valence-electron chi connectivity index (χ2n) is 11.1. The maximum absolute atomic E-state index is 13.7. The number of hydrogen-bond acceptors (Lipinski definition) is 9. The molecule has 0 radical (unpaired) electrons. The number of esters is 1. The minimum atomic E-state index is -4.04. The second kappa shape index (κ2) is 14.0. The number of aliphatic carboxylic acids is 1. The summed E-state index contributed by atoms with van der Waals surface area (Å²) in [5.74, 6) is -2.59. The SMILES string of the molecule is CC(OC(=O)N[C@@H](Cc1cccc(S(=O)(=O)N2CC(Oc3ccc(C(N)=O)cc3)(c3ccccc3)C2)c1)C(=O)O)OC(=O)C(C)C. The summed E-state index contributed by atoms with van der Waals surface area (Å²) in [6.07, 6.45) is -2.63. The molecule has 1 unspecified atom stereocenters. The Morgan fingerprint density at radius 3 is 2.17 bits per heavy atom. The van der Waals surface area contributed by atoms with E-state index in [9.17, 15) is 32.7 Å². The first-order valence-electron chi connectivity index (χ1n) is 14.3. The Bertz CT molecular complexity index is 1690. The molecule has 244 valence electrons. The number of ether oxygens (including phenoxy) is 3. The van der Waals surface area contributed by atoms with Crippen LogP contribution < -0.4 is 15.8 Å². The van der Waals surface area contributed by atoms with E-state index in [1.54, 1.807) is 26.0 Å². The average Bonchev–Trinajstić information content (AvgIpc) is 2.99. The van der Waals surface area contributed by atoms with Crippen molar-refractivity contribution in [1.29, 1.82) is 0 Å². The number of primary amides is 1. The third kappa shape index (κ3) is 8.00. The number of nitrogens with zero attached hydrogens (tertiary/aromatic N) is 1. The maximum Gasteiger partial charge on any atom is 0.410 e. The van der Waals surface area contributed by atoms with Crippen molar-refractivity contribution in [2.45, 2.75) is 50.0 Å². The summed E-state index contributed by atoms with van der Waals surface area (Å²) in [6.45, 7) is 4.48. The highest BCUT2D eigenvalue weighted by molar-refractivity contribution is 7.89. The van der Waals surface area contributed by atoms with Crippen LogP contribution >= 0.6 is 0 Å². The van der Waals surface area contributed by atoms with E-state index in [0.717, 1.165) is 5.56 Å². The predicted octanol–water partition coefficient (Wildman–Crippen LogP) is 3.03. The van der Waals surface area contributed by atoms with Crippen LogP contribution in [-0.2, 0) is 41.1 Å². The molecule has 1 heterocycles. The molecule has 1 fully saturated rings. The zero-order valence-corrected chi connectivity index (χ0v) is 26.2. The number of carbonyl (C=O) groups excluding carboxylic acids is 3. The number of nitrogens with two attached hydrogens (primary N) is 1. The number of sulfonamides is 1. The molecule has 1 aliphatic heterocycles. The molecule has 4 rings (SSSR count). The van der Waals surface area contributed by atoms with E-state index in [1.807, 2.05) is 30.3 Å². The van der Waals surface area contributed by atoms with Crippen molar-refractivity contribution in [3.05, 3.63) is 95.6 Å². The van der Waals surface area contributed by atoms with Crippen molar-refractivity contribution < 1.29 is 46.9 Å². The highest BCUT2D eigenvalue weighted by Gasteiger charge is 2.52. The predicted molar refractivity (Wildman–Crippen MR) is 164 cm³/mol. The molecule has 4 N–H and O–H groups in total. The van der Waals surface area contributed by atoms with Crippen LogP contribution in [0.4, 0.5) is 4.79 Å². The van der Waals surface area contributed by atoms with E-state index in [-0.39, 0.29) is 24.4 Å². The van der Waals surface area contributed by atoms with Gasteiger partial charge in [-0.2, -0.15) is 4.31 Å². The van der Waals surface area contributed by atoms with Crippen LogP contribution in [0.5, 0.6) is 5.75 Å². The van der Waals surface area contributed by atoms with Crippen molar-refractivity contribution in [2.24, 2.45) is 11.7 Å². The van der Waals surface area contributed by atoms with Crippen molar-refractivity contribution in [2.75, 3.05) is 13.1 Å². The molecular formula is C32H35N3O10S. The largest absolute Gasteiger partial charge is 0.480 e. The van der Waals surface area contributed by atoms with Gasteiger partial charge in [0.25, 0.3) is 0 Å².